The molecule has 3 aromatic rings. The molecule has 0 saturated carbocycles. The van der Waals surface area contributed by atoms with Crippen molar-refractivity contribution in [2.75, 3.05) is 17.2 Å². The topological polar surface area (TPSA) is 59.0 Å². The zero-order valence-corrected chi connectivity index (χ0v) is 14.8. The van der Waals surface area contributed by atoms with Crippen molar-refractivity contribution in [3.63, 3.8) is 0 Å². The average molecular weight is 375 g/mol. The van der Waals surface area contributed by atoms with Crippen molar-refractivity contribution in [2.24, 2.45) is 0 Å². The summed E-state index contributed by atoms with van der Waals surface area (Å²) in [4.78, 5) is 12.2. The van der Waals surface area contributed by atoms with Crippen molar-refractivity contribution >= 4 is 40.6 Å². The van der Waals surface area contributed by atoms with Crippen molar-refractivity contribution in [3.8, 4) is 0 Å². The molecule has 1 heterocycles. The van der Waals surface area contributed by atoms with Gasteiger partial charge in [-0.15, -0.1) is 0 Å². The number of aromatic nitrogens is 2. The number of hydrogen-bond acceptors (Lipinski definition) is 3. The lowest BCUT2D eigenvalue weighted by Crippen LogP contribution is -2.23. The number of rotatable bonds is 6. The number of amides is 1. The highest BCUT2D eigenvalue weighted by Crippen LogP contribution is 2.20. The molecular formula is C18H16Cl2N4O. The van der Waals surface area contributed by atoms with Gasteiger partial charge in [-0.2, -0.15) is 5.10 Å². The van der Waals surface area contributed by atoms with Gasteiger partial charge in [0, 0.05) is 11.1 Å². The van der Waals surface area contributed by atoms with E-state index in [9.17, 15) is 4.79 Å². The first-order valence-electron chi connectivity index (χ1n) is 7.66. The fourth-order valence-electron chi connectivity index (χ4n) is 2.29. The summed E-state index contributed by atoms with van der Waals surface area (Å²) in [5, 5.41) is 11.4. The first-order chi connectivity index (χ1) is 12.1. The quantitative estimate of drug-likeness (QED) is 0.676. The van der Waals surface area contributed by atoms with Gasteiger partial charge in [-0.25, -0.2) is 4.68 Å². The Balaban J connectivity index is 1.59. The normalized spacial score (nSPS) is 10.5. The summed E-state index contributed by atoms with van der Waals surface area (Å²) >= 11 is 12.0. The van der Waals surface area contributed by atoms with Gasteiger partial charge >= 0.3 is 0 Å². The van der Waals surface area contributed by atoms with Crippen molar-refractivity contribution in [1.29, 1.82) is 0 Å². The first-order valence-corrected chi connectivity index (χ1v) is 8.42. The Morgan fingerprint density at radius 1 is 1.04 bits per heavy atom. The molecule has 0 aliphatic carbocycles. The van der Waals surface area contributed by atoms with Crippen molar-refractivity contribution < 1.29 is 4.79 Å². The summed E-state index contributed by atoms with van der Waals surface area (Å²) in [5.74, 6) is 0.443. The molecule has 0 aliphatic heterocycles. The molecule has 2 N–H and O–H groups in total. The number of nitrogens with one attached hydrogen (secondary N) is 2. The molecular weight excluding hydrogens is 359 g/mol. The summed E-state index contributed by atoms with van der Waals surface area (Å²) in [6.45, 7) is 0.646. The second-order valence-electron chi connectivity index (χ2n) is 5.38. The maximum atomic E-state index is 12.2. The summed E-state index contributed by atoms with van der Waals surface area (Å²) in [5.41, 5.74) is 1.76. The lowest BCUT2D eigenvalue weighted by atomic mass is 10.2. The fraction of sp³-hybridized carbons (Fsp3) is 0.111. The number of nitrogens with zero attached hydrogens (tertiary/aromatic N) is 2. The third-order valence-electron chi connectivity index (χ3n) is 3.54. The Hall–Kier alpha value is -2.50. The Morgan fingerprint density at radius 3 is 2.56 bits per heavy atom. The van der Waals surface area contributed by atoms with Gasteiger partial charge in [0.05, 0.1) is 30.0 Å². The molecule has 0 aliphatic rings. The molecule has 0 fully saturated rings. The van der Waals surface area contributed by atoms with Gasteiger partial charge in [0.15, 0.2) is 0 Å². The number of hydrogen-bond donors (Lipinski definition) is 2. The molecule has 1 amide bonds. The molecule has 0 radical (unpaired) electrons. The third-order valence-corrected chi connectivity index (χ3v) is 4.12. The highest BCUT2D eigenvalue weighted by atomic mass is 35.5. The minimum absolute atomic E-state index is 0.107. The maximum Gasteiger partial charge on any atom is 0.244 e. The van der Waals surface area contributed by atoms with Gasteiger partial charge in [-0.1, -0.05) is 47.5 Å². The fourth-order valence-corrected chi connectivity index (χ4v) is 2.62. The number of carbonyl (C=O) groups is 1. The zero-order chi connectivity index (χ0) is 17.6. The van der Waals surface area contributed by atoms with Crippen LogP contribution in [0.5, 0.6) is 0 Å². The molecule has 25 heavy (non-hydrogen) atoms. The van der Waals surface area contributed by atoms with Crippen molar-refractivity contribution in [2.45, 2.75) is 6.54 Å². The van der Waals surface area contributed by atoms with E-state index in [2.05, 4.69) is 15.7 Å². The molecule has 5 nitrogen and oxygen atoms in total. The highest BCUT2D eigenvalue weighted by Gasteiger charge is 2.08. The number of carbonyl (C=O) groups excluding carboxylic acids is 1. The summed E-state index contributed by atoms with van der Waals surface area (Å²) < 4.78 is 1.72. The molecule has 0 unspecified atom stereocenters. The molecule has 7 heteroatoms. The van der Waals surface area contributed by atoms with E-state index in [1.807, 2.05) is 42.5 Å². The average Bonchev–Trinajstić information content (AvgIpc) is 3.03. The van der Waals surface area contributed by atoms with E-state index in [1.165, 1.54) is 0 Å². The number of anilines is 2. The van der Waals surface area contributed by atoms with E-state index >= 15 is 0 Å². The van der Waals surface area contributed by atoms with Gasteiger partial charge < -0.3 is 10.6 Å². The van der Waals surface area contributed by atoms with E-state index in [4.69, 9.17) is 23.2 Å². The lowest BCUT2D eigenvalue weighted by molar-refractivity contribution is -0.114. The summed E-state index contributed by atoms with van der Waals surface area (Å²) in [7, 11) is 0. The molecule has 0 atom stereocenters. The second-order valence-corrected chi connectivity index (χ2v) is 6.23. The zero-order valence-electron chi connectivity index (χ0n) is 13.2. The molecule has 0 bridgehead atoms. The molecule has 1 aromatic heterocycles. The Bertz CT molecular complexity index is 862. The highest BCUT2D eigenvalue weighted by molar-refractivity contribution is 6.33. The predicted molar refractivity (Wildman–Crippen MR) is 101 cm³/mol. The molecule has 3 rings (SSSR count). The molecule has 2 aromatic carbocycles. The standard InChI is InChI=1S/C18H16Cl2N4O/c19-14-7-5-13(6-8-14)12-24-17(9-10-22-24)23-18(25)11-21-16-4-2-1-3-15(16)20/h1-10,21H,11-12H2,(H,23,25). The van der Waals surface area contributed by atoms with Crippen LogP contribution in [-0.2, 0) is 11.3 Å². The van der Waals surface area contributed by atoms with E-state index < -0.39 is 0 Å². The van der Waals surface area contributed by atoms with Crippen LogP contribution < -0.4 is 10.6 Å². The predicted octanol–water partition coefficient (Wildman–Crippen LogP) is 4.29. The Kier molecular flexibility index (Phi) is 5.58. The van der Waals surface area contributed by atoms with Crippen LogP contribution in [0, 0.1) is 0 Å². The number of benzene rings is 2. The molecule has 0 saturated heterocycles. The van der Waals surface area contributed by atoms with Crippen molar-refractivity contribution in [3.05, 3.63) is 76.4 Å². The van der Waals surface area contributed by atoms with Crippen LogP contribution in [0.1, 0.15) is 5.56 Å². The van der Waals surface area contributed by atoms with Crippen LogP contribution in [0.2, 0.25) is 10.0 Å². The van der Waals surface area contributed by atoms with Gasteiger partial charge in [0.25, 0.3) is 0 Å². The molecule has 0 spiro atoms. The van der Waals surface area contributed by atoms with Crippen LogP contribution in [0.25, 0.3) is 0 Å². The number of para-hydroxylation sites is 1. The van der Waals surface area contributed by atoms with Crippen LogP contribution in [0.4, 0.5) is 11.5 Å². The van der Waals surface area contributed by atoms with Crippen LogP contribution in [0.15, 0.2) is 60.8 Å². The third kappa shape index (κ3) is 4.75. The van der Waals surface area contributed by atoms with E-state index in [-0.39, 0.29) is 12.5 Å². The maximum absolute atomic E-state index is 12.2. The Labute approximate surface area is 155 Å². The van der Waals surface area contributed by atoms with Crippen LogP contribution >= 0.6 is 23.2 Å². The van der Waals surface area contributed by atoms with Gasteiger partial charge in [-0.05, 0) is 29.8 Å². The van der Waals surface area contributed by atoms with Crippen molar-refractivity contribution in [1.82, 2.24) is 9.78 Å². The SMILES string of the molecule is O=C(CNc1ccccc1Cl)Nc1ccnn1Cc1ccc(Cl)cc1. The summed E-state index contributed by atoms with van der Waals surface area (Å²) in [6, 6.07) is 16.5. The van der Waals surface area contributed by atoms with Gasteiger partial charge in [0.1, 0.15) is 5.82 Å². The number of halogens is 2. The minimum atomic E-state index is -0.183. The second kappa shape index (κ2) is 8.05. The van der Waals surface area contributed by atoms with Crippen LogP contribution in [-0.4, -0.2) is 22.2 Å². The first kappa shape index (κ1) is 17.3. The van der Waals surface area contributed by atoms with Gasteiger partial charge in [-0.3, -0.25) is 4.79 Å². The van der Waals surface area contributed by atoms with E-state index in [0.29, 0.717) is 28.1 Å². The van der Waals surface area contributed by atoms with Gasteiger partial charge in [0.2, 0.25) is 5.91 Å². The monoisotopic (exact) mass is 374 g/mol. The van der Waals surface area contributed by atoms with E-state index in [0.717, 1.165) is 5.56 Å². The van der Waals surface area contributed by atoms with Crippen LogP contribution in [0.3, 0.4) is 0 Å². The smallest absolute Gasteiger partial charge is 0.244 e. The van der Waals surface area contributed by atoms with E-state index in [1.54, 1.807) is 23.0 Å². The summed E-state index contributed by atoms with van der Waals surface area (Å²) in [6.07, 6.45) is 1.65. The largest absolute Gasteiger partial charge is 0.375 e. The Morgan fingerprint density at radius 2 is 1.80 bits per heavy atom. The molecule has 128 valence electrons. The minimum Gasteiger partial charge on any atom is -0.375 e. The lowest BCUT2D eigenvalue weighted by Gasteiger charge is -2.11.